The van der Waals surface area contributed by atoms with Gasteiger partial charge in [-0.3, -0.25) is 0 Å². The topological polar surface area (TPSA) is 79.2 Å². The summed E-state index contributed by atoms with van der Waals surface area (Å²) in [4.78, 5) is 11.9. The van der Waals surface area contributed by atoms with Crippen molar-refractivity contribution in [2.75, 3.05) is 6.61 Å². The Bertz CT molecular complexity index is 1220. The molecule has 35 heavy (non-hydrogen) atoms. The highest BCUT2D eigenvalue weighted by molar-refractivity contribution is 6.62. The maximum atomic E-state index is 12.3. The second kappa shape index (κ2) is 8.80. The third kappa shape index (κ3) is 5.25. The van der Waals surface area contributed by atoms with Gasteiger partial charge in [-0.05, 0) is 69.6 Å². The van der Waals surface area contributed by atoms with Crippen LogP contribution in [0, 0.1) is 0 Å². The third-order valence-corrected chi connectivity index (χ3v) is 6.31. The predicted molar refractivity (Wildman–Crippen MR) is 123 cm³/mol. The Morgan fingerprint density at radius 1 is 1.00 bits per heavy atom. The first-order valence-electron chi connectivity index (χ1n) is 11.0. The fourth-order valence-electron chi connectivity index (χ4n) is 3.83. The number of ether oxygens (including phenoxy) is 2. The fourth-order valence-corrected chi connectivity index (χ4v) is 3.83. The van der Waals surface area contributed by atoms with Crippen molar-refractivity contribution in [1.82, 2.24) is 4.57 Å². The number of fused-ring (bicyclic) bond motifs is 1. The van der Waals surface area contributed by atoms with Crippen LogP contribution in [0.15, 0.2) is 48.5 Å². The Hall–Kier alpha value is -3.18. The van der Waals surface area contributed by atoms with E-state index in [2.05, 4.69) is 4.74 Å². The zero-order valence-electron chi connectivity index (χ0n) is 19.7. The van der Waals surface area contributed by atoms with E-state index in [4.69, 9.17) is 14.0 Å². The molecule has 2 aromatic carbocycles. The number of carbonyl (C=O) groups is 1. The van der Waals surface area contributed by atoms with Gasteiger partial charge in [-0.1, -0.05) is 12.1 Å². The molecule has 0 bridgehead atoms. The maximum absolute atomic E-state index is 12.3. The van der Waals surface area contributed by atoms with E-state index in [0.29, 0.717) is 16.7 Å². The molecule has 1 aliphatic heterocycles. The van der Waals surface area contributed by atoms with E-state index in [9.17, 15) is 23.1 Å². The number of halogens is 3. The number of aromatic nitrogens is 1. The number of hydrogen-bond donors (Lipinski definition) is 1. The van der Waals surface area contributed by atoms with E-state index in [1.807, 2.05) is 45.9 Å². The number of hydrogen-bond acceptors (Lipinski definition) is 5. The van der Waals surface area contributed by atoms with Gasteiger partial charge in [0.25, 0.3) is 0 Å². The quantitative estimate of drug-likeness (QED) is 0.487. The smallest absolute Gasteiger partial charge is 0.492 e. The summed E-state index contributed by atoms with van der Waals surface area (Å²) in [5, 5.41) is 10.4. The molecule has 7 nitrogen and oxygen atoms in total. The van der Waals surface area contributed by atoms with Crippen molar-refractivity contribution in [3.05, 3.63) is 54.2 Å². The van der Waals surface area contributed by atoms with Crippen LogP contribution in [0.5, 0.6) is 11.5 Å². The summed E-state index contributed by atoms with van der Waals surface area (Å²) in [6, 6.07) is 12.1. The highest BCUT2D eigenvalue weighted by atomic mass is 19.4. The van der Waals surface area contributed by atoms with Crippen molar-refractivity contribution in [2.24, 2.45) is 0 Å². The molecule has 0 saturated carbocycles. The van der Waals surface area contributed by atoms with Crippen LogP contribution in [0.3, 0.4) is 0 Å². The fraction of sp³-hybridized carbons (Fsp3) is 0.375. The minimum absolute atomic E-state index is 0.0867. The summed E-state index contributed by atoms with van der Waals surface area (Å²) in [6.07, 6.45) is -4.77. The van der Waals surface area contributed by atoms with Crippen molar-refractivity contribution in [2.45, 2.75) is 51.8 Å². The Labute approximate surface area is 200 Å². The number of rotatable bonds is 7. The molecule has 11 heteroatoms. The van der Waals surface area contributed by atoms with Gasteiger partial charge in [0.1, 0.15) is 23.8 Å². The molecular weight excluding hydrogens is 466 g/mol. The van der Waals surface area contributed by atoms with Gasteiger partial charge in [0.05, 0.1) is 17.7 Å². The van der Waals surface area contributed by atoms with Crippen LogP contribution in [-0.2, 0) is 15.9 Å². The minimum Gasteiger partial charge on any atom is -0.492 e. The molecule has 1 N–H and O–H groups in total. The van der Waals surface area contributed by atoms with E-state index in [0.717, 1.165) is 17.6 Å². The molecule has 1 aromatic heterocycles. The van der Waals surface area contributed by atoms with Crippen molar-refractivity contribution >= 4 is 29.5 Å². The van der Waals surface area contributed by atoms with Gasteiger partial charge >= 0.3 is 19.5 Å². The summed E-state index contributed by atoms with van der Waals surface area (Å²) in [6.45, 7) is 8.15. The van der Waals surface area contributed by atoms with Crippen LogP contribution in [-0.4, -0.2) is 46.9 Å². The second-order valence-electron chi connectivity index (χ2n) is 9.26. The predicted octanol–water partition coefficient (Wildman–Crippen LogP) is 4.62. The average Bonchev–Trinajstić information content (AvgIpc) is 3.21. The number of carboxylic acid groups (broad SMARTS) is 1. The molecule has 186 valence electrons. The number of nitrogens with zero attached hydrogens (tertiary/aromatic N) is 1. The van der Waals surface area contributed by atoms with Crippen molar-refractivity contribution in [3.63, 3.8) is 0 Å². The monoisotopic (exact) mass is 491 g/mol. The van der Waals surface area contributed by atoms with Gasteiger partial charge in [0.2, 0.25) is 0 Å². The SMILES string of the molecule is CC1(C)OB(c2ccc3c(c2)cc(C(=O)O)n3CCOc2ccc(OC(F)(F)F)cc2)OC1(C)C. The Balaban J connectivity index is 1.50. The number of carboxylic acids is 1. The Morgan fingerprint density at radius 2 is 1.60 bits per heavy atom. The molecule has 4 rings (SSSR count). The zero-order valence-corrected chi connectivity index (χ0v) is 19.7. The number of aromatic carboxylic acids is 1. The van der Waals surface area contributed by atoms with Gasteiger partial charge in [-0.25, -0.2) is 4.79 Å². The molecule has 0 atom stereocenters. The largest absolute Gasteiger partial charge is 0.573 e. The molecule has 0 aliphatic carbocycles. The Morgan fingerprint density at radius 3 is 2.17 bits per heavy atom. The highest BCUT2D eigenvalue weighted by Gasteiger charge is 2.51. The van der Waals surface area contributed by atoms with Crippen LogP contribution in [0.4, 0.5) is 13.2 Å². The summed E-state index contributed by atoms with van der Waals surface area (Å²) < 4.78 is 60.1. The molecule has 3 aromatic rings. The molecule has 1 saturated heterocycles. The van der Waals surface area contributed by atoms with E-state index >= 15 is 0 Å². The number of benzene rings is 2. The van der Waals surface area contributed by atoms with Gasteiger partial charge in [0.15, 0.2) is 0 Å². The van der Waals surface area contributed by atoms with E-state index in [1.54, 1.807) is 10.6 Å². The lowest BCUT2D eigenvalue weighted by Crippen LogP contribution is -2.41. The average molecular weight is 491 g/mol. The molecule has 0 amide bonds. The van der Waals surface area contributed by atoms with E-state index < -0.39 is 30.7 Å². The molecule has 1 fully saturated rings. The van der Waals surface area contributed by atoms with Crippen LogP contribution < -0.4 is 14.9 Å². The summed E-state index contributed by atoms with van der Waals surface area (Å²) >= 11 is 0. The van der Waals surface area contributed by atoms with Gasteiger partial charge in [-0.2, -0.15) is 0 Å². The van der Waals surface area contributed by atoms with Crippen LogP contribution in [0.2, 0.25) is 0 Å². The van der Waals surface area contributed by atoms with Crippen LogP contribution >= 0.6 is 0 Å². The minimum atomic E-state index is -4.77. The van der Waals surface area contributed by atoms with Crippen molar-refractivity contribution in [1.29, 1.82) is 0 Å². The first kappa shape index (κ1) is 24.9. The summed E-state index contributed by atoms with van der Waals surface area (Å²) in [5.74, 6) is -1.12. The van der Waals surface area contributed by atoms with Gasteiger partial charge in [0, 0.05) is 10.9 Å². The normalized spacial score (nSPS) is 17.1. The van der Waals surface area contributed by atoms with Crippen molar-refractivity contribution < 1.29 is 41.9 Å². The van der Waals surface area contributed by atoms with Gasteiger partial charge < -0.3 is 28.5 Å². The molecule has 0 radical (unpaired) electrons. The first-order chi connectivity index (χ1) is 16.3. The molecule has 0 unspecified atom stereocenters. The summed E-state index contributed by atoms with van der Waals surface area (Å²) in [7, 11) is -0.575. The lowest BCUT2D eigenvalue weighted by Gasteiger charge is -2.32. The van der Waals surface area contributed by atoms with Crippen LogP contribution in [0.1, 0.15) is 38.2 Å². The van der Waals surface area contributed by atoms with Gasteiger partial charge in [-0.15, -0.1) is 13.2 Å². The molecule has 2 heterocycles. The molecular formula is C24H25BF3NO6. The lowest BCUT2D eigenvalue weighted by molar-refractivity contribution is -0.274. The van der Waals surface area contributed by atoms with Crippen molar-refractivity contribution in [3.8, 4) is 11.5 Å². The van der Waals surface area contributed by atoms with Crippen LogP contribution in [0.25, 0.3) is 10.9 Å². The zero-order chi connectivity index (χ0) is 25.6. The maximum Gasteiger partial charge on any atom is 0.573 e. The highest BCUT2D eigenvalue weighted by Crippen LogP contribution is 2.36. The number of alkyl halides is 3. The van der Waals surface area contributed by atoms with E-state index in [1.165, 1.54) is 12.1 Å². The lowest BCUT2D eigenvalue weighted by atomic mass is 9.78. The first-order valence-corrected chi connectivity index (χ1v) is 11.0. The molecule has 1 aliphatic rings. The second-order valence-corrected chi connectivity index (χ2v) is 9.26. The van der Waals surface area contributed by atoms with E-state index in [-0.39, 0.29) is 24.6 Å². The summed E-state index contributed by atoms with van der Waals surface area (Å²) in [5.41, 5.74) is 0.560. The third-order valence-electron chi connectivity index (χ3n) is 6.31. The Kier molecular flexibility index (Phi) is 6.27. The standard InChI is InChI=1S/C24H25BF3NO6/c1-22(2)23(3,4)35-25(34-22)16-5-10-19-15(13-16)14-20(21(30)31)29(19)11-12-32-17-6-8-18(9-7-17)33-24(26,27)28/h5-10,13-14H,11-12H2,1-4H3,(H,30,31). The molecule has 0 spiro atoms.